The van der Waals surface area contributed by atoms with Crippen LogP contribution in [0.15, 0.2) is 60.8 Å². The van der Waals surface area contributed by atoms with Crippen molar-refractivity contribution in [2.75, 3.05) is 36.4 Å². The van der Waals surface area contributed by atoms with Crippen LogP contribution in [-0.4, -0.2) is 59.6 Å². The number of anilines is 2. The number of pyridine rings is 1. The molecule has 34 heavy (non-hydrogen) atoms. The Morgan fingerprint density at radius 2 is 1.76 bits per heavy atom. The molecule has 5 rings (SSSR count). The monoisotopic (exact) mass is 457 g/mol. The quantitative estimate of drug-likeness (QED) is 0.619. The van der Waals surface area contributed by atoms with E-state index in [1.54, 1.807) is 0 Å². The molecule has 2 atom stereocenters. The van der Waals surface area contributed by atoms with E-state index in [0.29, 0.717) is 0 Å². The van der Waals surface area contributed by atoms with E-state index in [2.05, 4.69) is 95.8 Å². The number of aryl methyl sites for hydroxylation is 1. The maximum atomic E-state index is 13.6. The predicted molar refractivity (Wildman–Crippen MR) is 139 cm³/mol. The highest BCUT2D eigenvalue weighted by Gasteiger charge is 2.38. The molecule has 2 unspecified atom stereocenters. The summed E-state index contributed by atoms with van der Waals surface area (Å²) in [7, 11) is 0. The van der Waals surface area contributed by atoms with Gasteiger partial charge in [0, 0.05) is 49.0 Å². The van der Waals surface area contributed by atoms with E-state index in [-0.39, 0.29) is 23.5 Å². The van der Waals surface area contributed by atoms with Crippen LogP contribution in [0.3, 0.4) is 0 Å². The van der Waals surface area contributed by atoms with Crippen molar-refractivity contribution in [1.29, 1.82) is 0 Å². The zero-order valence-corrected chi connectivity index (χ0v) is 20.4. The average molecular weight is 458 g/mol. The van der Waals surface area contributed by atoms with Gasteiger partial charge in [0.2, 0.25) is 5.91 Å². The fraction of sp³-hybridized carbons (Fsp3) is 0.429. The number of para-hydroxylation sites is 1. The maximum Gasteiger partial charge on any atom is 0.239 e. The number of amides is 1. The Balaban J connectivity index is 1.36. The molecule has 0 spiro atoms. The molecule has 0 saturated carbocycles. The van der Waals surface area contributed by atoms with Gasteiger partial charge in [-0.1, -0.05) is 42.5 Å². The van der Waals surface area contributed by atoms with Crippen LogP contribution in [0.4, 0.5) is 11.5 Å². The molecule has 2 N–H and O–H groups in total. The number of piperazine rings is 1. The average Bonchev–Trinajstić information content (AvgIpc) is 2.83. The molecule has 6 nitrogen and oxygen atoms in total. The highest BCUT2D eigenvalue weighted by molar-refractivity contribution is 5.92. The minimum atomic E-state index is -0.267. The Labute approximate surface area is 202 Å². The van der Waals surface area contributed by atoms with Gasteiger partial charge < -0.3 is 15.5 Å². The second kappa shape index (κ2) is 9.26. The number of nitrogens with zero attached hydrogens (tertiary/aromatic N) is 3. The van der Waals surface area contributed by atoms with Crippen LogP contribution in [0.2, 0.25) is 0 Å². The molecule has 1 saturated heterocycles. The lowest BCUT2D eigenvalue weighted by Gasteiger charge is -2.44. The normalized spacial score (nSPS) is 19.9. The molecule has 0 bridgehead atoms. The topological polar surface area (TPSA) is 60.5 Å². The molecular formula is C28H35N5O. The van der Waals surface area contributed by atoms with Crippen LogP contribution in [0.25, 0.3) is 10.8 Å². The van der Waals surface area contributed by atoms with Crippen LogP contribution in [0.1, 0.15) is 32.8 Å². The lowest BCUT2D eigenvalue weighted by atomic mass is 9.91. The molecule has 0 aliphatic carbocycles. The van der Waals surface area contributed by atoms with E-state index in [0.717, 1.165) is 50.5 Å². The highest BCUT2D eigenvalue weighted by atomic mass is 16.2. The van der Waals surface area contributed by atoms with Crippen molar-refractivity contribution in [3.63, 3.8) is 0 Å². The van der Waals surface area contributed by atoms with Crippen molar-refractivity contribution >= 4 is 28.2 Å². The van der Waals surface area contributed by atoms with Crippen molar-refractivity contribution in [3.8, 4) is 0 Å². The molecule has 1 aromatic heterocycles. The number of hydrogen-bond donors (Lipinski definition) is 2. The summed E-state index contributed by atoms with van der Waals surface area (Å²) in [6.45, 7) is 9.51. The fourth-order valence-corrected chi connectivity index (χ4v) is 5.31. The third-order valence-corrected chi connectivity index (χ3v) is 6.89. The Bertz CT molecular complexity index is 1160. The molecule has 0 radical (unpaired) electrons. The van der Waals surface area contributed by atoms with E-state index < -0.39 is 0 Å². The Morgan fingerprint density at radius 1 is 1.03 bits per heavy atom. The van der Waals surface area contributed by atoms with Gasteiger partial charge in [0.15, 0.2) is 0 Å². The first-order valence-corrected chi connectivity index (χ1v) is 12.4. The first kappa shape index (κ1) is 22.7. The maximum absolute atomic E-state index is 13.6. The summed E-state index contributed by atoms with van der Waals surface area (Å²) in [4.78, 5) is 23.0. The van der Waals surface area contributed by atoms with Gasteiger partial charge in [0.05, 0.1) is 6.04 Å². The van der Waals surface area contributed by atoms with Gasteiger partial charge in [-0.2, -0.15) is 0 Å². The van der Waals surface area contributed by atoms with E-state index in [9.17, 15) is 4.79 Å². The number of carbonyl (C=O) groups excluding carboxylic acids is 1. The van der Waals surface area contributed by atoms with Crippen molar-refractivity contribution in [1.82, 2.24) is 15.2 Å². The molecule has 3 aromatic rings. The molecule has 178 valence electrons. The zero-order valence-electron chi connectivity index (χ0n) is 20.4. The third-order valence-electron chi connectivity index (χ3n) is 6.89. The van der Waals surface area contributed by atoms with Gasteiger partial charge in [-0.3, -0.25) is 9.69 Å². The van der Waals surface area contributed by atoms with Crippen LogP contribution < -0.4 is 15.5 Å². The van der Waals surface area contributed by atoms with E-state index in [4.69, 9.17) is 4.98 Å². The second-order valence-corrected chi connectivity index (χ2v) is 10.5. The van der Waals surface area contributed by atoms with Gasteiger partial charge >= 0.3 is 0 Å². The molecule has 2 aliphatic heterocycles. The van der Waals surface area contributed by atoms with Crippen LogP contribution in [0, 0.1) is 0 Å². The number of rotatable bonds is 4. The van der Waals surface area contributed by atoms with Gasteiger partial charge in [-0.25, -0.2) is 4.98 Å². The van der Waals surface area contributed by atoms with Gasteiger partial charge in [-0.15, -0.1) is 0 Å². The predicted octanol–water partition coefficient (Wildman–Crippen LogP) is 4.07. The van der Waals surface area contributed by atoms with E-state index in [1.165, 1.54) is 16.3 Å². The minimum absolute atomic E-state index is 0.0829. The second-order valence-electron chi connectivity index (χ2n) is 10.5. The number of aromatic nitrogens is 1. The zero-order chi connectivity index (χ0) is 23.7. The first-order chi connectivity index (χ1) is 16.4. The smallest absolute Gasteiger partial charge is 0.239 e. The van der Waals surface area contributed by atoms with Gasteiger partial charge in [-0.05, 0) is 56.7 Å². The lowest BCUT2D eigenvalue weighted by Crippen LogP contribution is -2.62. The van der Waals surface area contributed by atoms with E-state index >= 15 is 0 Å². The summed E-state index contributed by atoms with van der Waals surface area (Å²) in [6, 6.07) is 18.8. The fourth-order valence-electron chi connectivity index (χ4n) is 5.31. The number of fused-ring (bicyclic) bond motifs is 2. The Kier molecular flexibility index (Phi) is 6.17. The summed E-state index contributed by atoms with van der Waals surface area (Å²) < 4.78 is 0. The summed E-state index contributed by atoms with van der Waals surface area (Å²) in [5.41, 5.74) is 2.22. The molecule has 2 aromatic carbocycles. The number of hydrogen-bond acceptors (Lipinski definition) is 5. The van der Waals surface area contributed by atoms with Crippen molar-refractivity contribution in [2.45, 2.75) is 51.2 Å². The summed E-state index contributed by atoms with van der Waals surface area (Å²) in [6.07, 6.45) is 3.84. The largest absolute Gasteiger partial charge is 0.380 e. The molecule has 1 fully saturated rings. The van der Waals surface area contributed by atoms with Crippen LogP contribution >= 0.6 is 0 Å². The summed E-state index contributed by atoms with van der Waals surface area (Å²) in [5.74, 6) is 1.15. The minimum Gasteiger partial charge on any atom is -0.380 e. The Morgan fingerprint density at radius 3 is 2.56 bits per heavy atom. The lowest BCUT2D eigenvalue weighted by molar-refractivity contribution is -0.128. The number of nitrogens with one attached hydrogen (secondary N) is 2. The van der Waals surface area contributed by atoms with Crippen molar-refractivity contribution in [2.24, 2.45) is 0 Å². The highest BCUT2D eigenvalue weighted by Crippen LogP contribution is 2.29. The van der Waals surface area contributed by atoms with E-state index in [1.807, 2.05) is 6.20 Å². The van der Waals surface area contributed by atoms with Gasteiger partial charge in [0.25, 0.3) is 0 Å². The molecule has 6 heteroatoms. The van der Waals surface area contributed by atoms with Crippen molar-refractivity contribution in [3.05, 3.63) is 66.4 Å². The third kappa shape index (κ3) is 4.73. The summed E-state index contributed by atoms with van der Waals surface area (Å²) in [5, 5.41) is 9.35. The molecule has 1 amide bonds. The van der Waals surface area contributed by atoms with Crippen LogP contribution in [-0.2, 0) is 11.2 Å². The summed E-state index contributed by atoms with van der Waals surface area (Å²) >= 11 is 0. The first-order valence-electron chi connectivity index (χ1n) is 12.4. The number of benzene rings is 2. The Hall–Kier alpha value is -3.12. The van der Waals surface area contributed by atoms with Crippen LogP contribution in [0.5, 0.6) is 0 Å². The molecular weight excluding hydrogens is 422 g/mol. The molecule has 2 aliphatic rings. The number of carbonyl (C=O) groups is 1. The molecule has 3 heterocycles. The van der Waals surface area contributed by atoms with Gasteiger partial charge in [0.1, 0.15) is 11.9 Å². The standard InChI is InChI=1S/C28H35N5O/c1-28(2,3)31-27(34)25(24-13-12-21-9-5-7-11-23(21)30-24)32-16-18-33(19-17-32)26-22-10-6-4-8-20(22)14-15-29-26/h4-11,14-15,24-25,30H,12-13,16-19H2,1-3H3,(H,31,34). The van der Waals surface area contributed by atoms with Crippen molar-refractivity contribution < 1.29 is 4.79 Å². The SMILES string of the molecule is CC(C)(C)NC(=O)C(C1CCc2ccccc2N1)N1CCN(c2nccc3ccccc23)CC1.